The van der Waals surface area contributed by atoms with E-state index >= 15 is 0 Å². The lowest BCUT2D eigenvalue weighted by molar-refractivity contribution is -0.0621. The molecule has 0 aromatic heterocycles. The van der Waals surface area contributed by atoms with E-state index in [4.69, 9.17) is 4.74 Å². The van der Waals surface area contributed by atoms with Crippen LogP contribution in [0, 0.1) is 0 Å². The molecule has 0 aliphatic carbocycles. The van der Waals surface area contributed by atoms with Crippen LogP contribution in [0.2, 0.25) is 0 Å². The number of halogens is 9. The minimum Gasteiger partial charge on any atom is -0.746 e. The Bertz CT molecular complexity index is 1360. The monoisotopic (exact) mass is 690 g/mol. The summed E-state index contributed by atoms with van der Waals surface area (Å²) in [5.74, 6) is 0.913. The van der Waals surface area contributed by atoms with Crippen molar-refractivity contribution in [3.8, 4) is 5.75 Å². The van der Waals surface area contributed by atoms with Crippen LogP contribution in [-0.2, 0) is 21.0 Å². The Kier molecular flexibility index (Phi) is 14.1. The zero-order valence-corrected chi connectivity index (χ0v) is 25.7. The van der Waals surface area contributed by atoms with E-state index in [1.165, 1.54) is 14.7 Å². The molecule has 0 saturated heterocycles. The van der Waals surface area contributed by atoms with Gasteiger partial charge in [0, 0.05) is 0 Å². The largest absolute Gasteiger partial charge is 0.746 e. The summed E-state index contributed by atoms with van der Waals surface area (Å²) in [5, 5.41) is 0. The molecule has 7 unspecified atom stereocenters. The maximum Gasteiger partial charge on any atom is 0.272 e. The minimum atomic E-state index is -6.06. The average Bonchev–Trinajstić information content (AvgIpc) is 2.99. The van der Waals surface area contributed by atoms with Gasteiger partial charge in [0.15, 0.2) is 51.7 Å². The van der Waals surface area contributed by atoms with Gasteiger partial charge in [-0.15, -0.1) is 0 Å². The molecule has 4 nitrogen and oxygen atoms in total. The molecule has 7 atom stereocenters. The van der Waals surface area contributed by atoms with Crippen LogP contribution < -0.4 is 4.74 Å². The van der Waals surface area contributed by atoms with Crippen molar-refractivity contribution < 1.29 is 57.2 Å². The molecule has 0 aliphatic heterocycles. The van der Waals surface area contributed by atoms with E-state index < -0.39 is 59.1 Å². The highest BCUT2D eigenvalue weighted by atomic mass is 32.2. The topological polar surface area (TPSA) is 66.4 Å². The third-order valence-electron chi connectivity index (χ3n) is 5.73. The van der Waals surface area contributed by atoms with Crippen LogP contribution in [-0.4, -0.2) is 67.5 Å². The predicted octanol–water partition coefficient (Wildman–Crippen LogP) is 8.08. The molecule has 0 radical (unpaired) electrons. The van der Waals surface area contributed by atoms with Crippen molar-refractivity contribution in [3.63, 3.8) is 0 Å². The number of benzene rings is 3. The molecule has 0 aliphatic rings. The summed E-state index contributed by atoms with van der Waals surface area (Å²) in [4.78, 5) is 3.95. The quantitative estimate of drug-likeness (QED) is 0.110. The Morgan fingerprint density at radius 3 is 1.29 bits per heavy atom. The van der Waals surface area contributed by atoms with E-state index in [0.717, 1.165) is 5.75 Å². The molecule has 3 aromatic carbocycles. The summed E-state index contributed by atoms with van der Waals surface area (Å²) in [6.45, 7) is 6.21. The van der Waals surface area contributed by atoms with Crippen molar-refractivity contribution in [1.29, 1.82) is 0 Å². The highest BCUT2D eigenvalue weighted by Crippen LogP contribution is 2.32. The second kappa shape index (κ2) is 16.6. The maximum atomic E-state index is 13.0. The molecule has 0 spiro atoms. The van der Waals surface area contributed by atoms with Gasteiger partial charge < -0.3 is 9.29 Å². The third-order valence-corrected chi connectivity index (χ3v) is 8.77. The van der Waals surface area contributed by atoms with E-state index in [0.29, 0.717) is 0 Å². The molecule has 3 rings (SSSR count). The van der Waals surface area contributed by atoms with Crippen LogP contribution in [0.4, 0.5) is 39.5 Å². The van der Waals surface area contributed by atoms with E-state index in [1.54, 1.807) is 0 Å². The van der Waals surface area contributed by atoms with Crippen LogP contribution in [0.3, 0.4) is 0 Å². The molecule has 0 bridgehead atoms. The van der Waals surface area contributed by atoms with Gasteiger partial charge in [-0.05, 0) is 69.3 Å². The minimum absolute atomic E-state index is 0.102. The first-order valence-corrected chi connectivity index (χ1v) is 15.9. The van der Waals surface area contributed by atoms with E-state index in [9.17, 15) is 52.5 Å². The number of alkyl halides is 9. The van der Waals surface area contributed by atoms with Gasteiger partial charge in [-0.2, -0.15) is 0 Å². The van der Waals surface area contributed by atoms with Crippen LogP contribution >= 0.6 is 0 Å². The number of rotatable bonds is 12. The molecule has 0 heterocycles. The Hall–Kier alpha value is -2.91. The fourth-order valence-electron chi connectivity index (χ4n) is 3.66. The normalized spacial score (nSPS) is 17.0. The highest BCUT2D eigenvalue weighted by Gasteiger charge is 2.48. The lowest BCUT2D eigenvalue weighted by atomic mass is 10.0. The molecule has 0 N–H and O–H groups in total. The summed E-state index contributed by atoms with van der Waals surface area (Å²) < 4.78 is 149. The molecule has 250 valence electrons. The molecule has 0 amide bonds. The third kappa shape index (κ3) is 11.4. The first-order valence-electron chi connectivity index (χ1n) is 13.2. The van der Waals surface area contributed by atoms with Gasteiger partial charge in [-0.3, -0.25) is 0 Å². The van der Waals surface area contributed by atoms with E-state index in [-0.39, 0.29) is 16.5 Å². The van der Waals surface area contributed by atoms with Crippen molar-refractivity contribution >= 4 is 21.0 Å². The Balaban J connectivity index is 0.000000318. The summed E-state index contributed by atoms with van der Waals surface area (Å²) in [7, 11) is -6.17. The lowest BCUT2D eigenvalue weighted by Gasteiger charge is -2.25. The Morgan fingerprint density at radius 2 is 0.933 bits per heavy atom. The van der Waals surface area contributed by atoms with Gasteiger partial charge in [0.25, 0.3) is 6.43 Å². The standard InChI is InChI=1S/C22H23OS.C8H9F9O3S/c1-22(2,3)23-18-14-16-21(17-15-18)24(19-10-6-4-7-11-19)20-12-8-5-9-13-20;9-1(3(11)5(13)7(15)16)2(10)4(12)6(14)8(17)21(18,19)20/h4-17H,1-3H3;1-8H,(H,18,19,20)/q+1;/p-1. The molecular weight excluding hydrogens is 659 g/mol. The fraction of sp³-hybridized carbons (Fsp3) is 0.400. The Morgan fingerprint density at radius 1 is 0.578 bits per heavy atom. The Labute approximate surface area is 258 Å². The molecule has 15 heteroatoms. The molecule has 0 saturated carbocycles. The van der Waals surface area contributed by atoms with E-state index in [2.05, 4.69) is 106 Å². The summed E-state index contributed by atoms with van der Waals surface area (Å²) in [5.41, 5.74) is -4.31. The van der Waals surface area contributed by atoms with Crippen molar-refractivity contribution in [2.45, 2.75) is 90.0 Å². The fourth-order valence-corrected chi connectivity index (χ4v) is 6.22. The van der Waals surface area contributed by atoms with E-state index in [1.807, 2.05) is 0 Å². The first kappa shape index (κ1) is 38.3. The number of hydrogen-bond acceptors (Lipinski definition) is 4. The van der Waals surface area contributed by atoms with Crippen LogP contribution in [0.5, 0.6) is 5.75 Å². The second-order valence-corrected chi connectivity index (χ2v) is 13.9. The van der Waals surface area contributed by atoms with Gasteiger partial charge >= 0.3 is 0 Å². The SMILES string of the molecule is CC(C)(C)Oc1ccc([S+](c2ccccc2)c2ccccc2)cc1.O=S(=O)([O-])C(F)C(F)C(F)C(F)C(F)C(F)C(F)C(F)F. The second-order valence-electron chi connectivity index (χ2n) is 10.5. The van der Waals surface area contributed by atoms with Crippen molar-refractivity contribution in [2.75, 3.05) is 0 Å². The van der Waals surface area contributed by atoms with Crippen LogP contribution in [0.1, 0.15) is 20.8 Å². The smallest absolute Gasteiger partial charge is 0.272 e. The van der Waals surface area contributed by atoms with Crippen molar-refractivity contribution in [3.05, 3.63) is 84.9 Å². The molecule has 45 heavy (non-hydrogen) atoms. The highest BCUT2D eigenvalue weighted by molar-refractivity contribution is 7.97. The van der Waals surface area contributed by atoms with Crippen LogP contribution in [0.25, 0.3) is 0 Å². The molecular formula is C30H31F9O4S2. The number of hydrogen-bond donors (Lipinski definition) is 0. The first-order chi connectivity index (χ1) is 20.8. The van der Waals surface area contributed by atoms with Gasteiger partial charge in [0.1, 0.15) is 21.5 Å². The average molecular weight is 691 g/mol. The summed E-state index contributed by atoms with van der Waals surface area (Å²) in [6.07, 6.45) is -27.9. The zero-order chi connectivity index (χ0) is 34.1. The number of ether oxygens (including phenoxy) is 1. The van der Waals surface area contributed by atoms with Crippen molar-refractivity contribution in [1.82, 2.24) is 0 Å². The van der Waals surface area contributed by atoms with Crippen molar-refractivity contribution in [2.24, 2.45) is 0 Å². The summed E-state index contributed by atoms with van der Waals surface area (Å²) >= 11 is 0. The van der Waals surface area contributed by atoms with Gasteiger partial charge in [0.2, 0.25) is 5.50 Å². The zero-order valence-electron chi connectivity index (χ0n) is 24.1. The van der Waals surface area contributed by atoms with Gasteiger partial charge in [-0.25, -0.2) is 47.9 Å². The molecule has 3 aromatic rings. The van der Waals surface area contributed by atoms with Gasteiger partial charge in [0.05, 0.1) is 10.9 Å². The maximum absolute atomic E-state index is 13.0. The predicted molar refractivity (Wildman–Crippen MR) is 152 cm³/mol. The molecule has 0 fully saturated rings. The summed E-state index contributed by atoms with van der Waals surface area (Å²) in [6, 6.07) is 29.9. The van der Waals surface area contributed by atoms with Gasteiger partial charge in [-0.1, -0.05) is 36.4 Å². The van der Waals surface area contributed by atoms with Crippen LogP contribution in [0.15, 0.2) is 99.6 Å². The lowest BCUT2D eigenvalue weighted by Crippen LogP contribution is -2.47.